The highest BCUT2D eigenvalue weighted by atomic mass is 16.6. The summed E-state index contributed by atoms with van der Waals surface area (Å²) in [6.45, 7) is 0. The average Bonchev–Trinajstić information content (AvgIpc) is 3.17. The minimum Gasteiger partial charge on any atom is -0.497 e. The van der Waals surface area contributed by atoms with Crippen LogP contribution in [0.5, 0.6) is 5.75 Å². The van der Waals surface area contributed by atoms with Gasteiger partial charge in [0, 0.05) is 29.3 Å². The van der Waals surface area contributed by atoms with Gasteiger partial charge in [-0.15, -0.1) is 4.73 Å². The molecule has 0 aliphatic carbocycles. The minimum absolute atomic E-state index is 0.0990. The second-order valence-corrected chi connectivity index (χ2v) is 5.95. The highest BCUT2D eigenvalue weighted by Crippen LogP contribution is 2.29. The van der Waals surface area contributed by atoms with Gasteiger partial charge in [-0.05, 0) is 36.4 Å². The van der Waals surface area contributed by atoms with E-state index in [4.69, 9.17) is 9.26 Å². The molecule has 140 valence electrons. The Bertz CT molecular complexity index is 1240. The zero-order chi connectivity index (χ0) is 19.8. The van der Waals surface area contributed by atoms with Crippen molar-refractivity contribution in [2.75, 3.05) is 7.11 Å². The van der Waals surface area contributed by atoms with Crippen molar-refractivity contribution in [1.29, 1.82) is 0 Å². The number of hydrogen-bond acceptors (Lipinski definition) is 7. The molecule has 1 N–H and O–H groups in total. The van der Waals surface area contributed by atoms with Crippen LogP contribution in [0.4, 0.5) is 5.69 Å². The van der Waals surface area contributed by atoms with E-state index in [0.717, 1.165) is 0 Å². The van der Waals surface area contributed by atoms with E-state index in [0.29, 0.717) is 27.3 Å². The number of nitro groups is 1. The molecular weight excluding hydrogens is 366 g/mol. The molecule has 0 saturated carbocycles. The van der Waals surface area contributed by atoms with E-state index in [2.05, 4.69) is 5.16 Å². The first-order chi connectivity index (χ1) is 13.5. The Hall–Kier alpha value is -4.14. The molecule has 2 heterocycles. The van der Waals surface area contributed by atoms with E-state index < -0.39 is 10.4 Å². The summed E-state index contributed by atoms with van der Waals surface area (Å²) in [5.41, 5.74) is 0.838. The molecule has 2 aromatic heterocycles. The smallest absolute Gasteiger partial charge is 0.276 e. The van der Waals surface area contributed by atoms with Crippen molar-refractivity contribution in [1.82, 2.24) is 9.89 Å². The van der Waals surface area contributed by atoms with Crippen LogP contribution in [-0.4, -0.2) is 27.1 Å². The van der Waals surface area contributed by atoms with E-state index in [-0.39, 0.29) is 22.5 Å². The maximum absolute atomic E-state index is 12.7. The summed E-state index contributed by atoms with van der Waals surface area (Å²) in [6.07, 6.45) is 0. The van der Waals surface area contributed by atoms with E-state index in [1.54, 1.807) is 31.4 Å². The van der Waals surface area contributed by atoms with Crippen molar-refractivity contribution in [3.63, 3.8) is 0 Å². The topological polar surface area (TPSA) is 121 Å². The van der Waals surface area contributed by atoms with Gasteiger partial charge in [-0.25, -0.2) is 0 Å². The molecule has 0 radical (unpaired) electrons. The third kappa shape index (κ3) is 2.75. The van der Waals surface area contributed by atoms with Crippen molar-refractivity contribution in [2.45, 2.75) is 0 Å². The number of methoxy groups -OCH3 is 1. The van der Waals surface area contributed by atoms with Gasteiger partial charge >= 0.3 is 0 Å². The molecule has 0 amide bonds. The lowest BCUT2D eigenvalue weighted by molar-refractivity contribution is -0.384. The molecule has 4 rings (SSSR count). The molecule has 0 unspecified atom stereocenters. The maximum Gasteiger partial charge on any atom is 0.276 e. The SMILES string of the molecule is COc1ccc(-c2noc3c2c(=O)cc(-c2ccc([N+](=O)[O-])cc2)n3O)cc1. The van der Waals surface area contributed by atoms with Crippen LogP contribution < -0.4 is 10.2 Å². The number of benzene rings is 2. The van der Waals surface area contributed by atoms with Gasteiger partial charge < -0.3 is 14.5 Å². The molecule has 0 atom stereocenters. The summed E-state index contributed by atoms with van der Waals surface area (Å²) in [5, 5.41) is 25.4. The standard InChI is InChI=1S/C19H13N3O6/c1-27-14-8-4-12(5-9-14)18-17-16(23)10-15(21(24)19(17)28-20-18)11-2-6-13(7-3-11)22(25)26/h2-10,24H,1H3. The summed E-state index contributed by atoms with van der Waals surface area (Å²) in [4.78, 5) is 23.0. The number of fused-ring (bicyclic) bond motifs is 1. The van der Waals surface area contributed by atoms with Crippen LogP contribution in [0.15, 0.2) is 63.9 Å². The lowest BCUT2D eigenvalue weighted by Crippen LogP contribution is -2.09. The number of aromatic nitrogens is 2. The van der Waals surface area contributed by atoms with Crippen LogP contribution in [-0.2, 0) is 0 Å². The number of pyridine rings is 1. The lowest BCUT2D eigenvalue weighted by atomic mass is 10.1. The molecule has 0 bridgehead atoms. The fourth-order valence-electron chi connectivity index (χ4n) is 2.92. The quantitative estimate of drug-likeness (QED) is 0.327. The Morgan fingerprint density at radius 3 is 2.36 bits per heavy atom. The van der Waals surface area contributed by atoms with Crippen LogP contribution in [0, 0.1) is 10.1 Å². The van der Waals surface area contributed by atoms with E-state index in [9.17, 15) is 20.1 Å². The van der Waals surface area contributed by atoms with Gasteiger partial charge in [-0.2, -0.15) is 0 Å². The molecule has 0 saturated heterocycles. The molecule has 2 aromatic carbocycles. The Balaban J connectivity index is 1.85. The van der Waals surface area contributed by atoms with E-state index >= 15 is 0 Å². The summed E-state index contributed by atoms with van der Waals surface area (Å²) in [7, 11) is 1.55. The number of nitro benzene ring substituents is 1. The van der Waals surface area contributed by atoms with Crippen LogP contribution in [0.3, 0.4) is 0 Å². The van der Waals surface area contributed by atoms with Gasteiger partial charge in [0.15, 0.2) is 5.43 Å². The first-order valence-electron chi connectivity index (χ1n) is 8.13. The first kappa shape index (κ1) is 17.3. The first-order valence-corrected chi connectivity index (χ1v) is 8.13. The molecular formula is C19H13N3O6. The van der Waals surface area contributed by atoms with Crippen LogP contribution in [0.1, 0.15) is 0 Å². The van der Waals surface area contributed by atoms with Crippen molar-refractivity contribution >= 4 is 16.8 Å². The fraction of sp³-hybridized carbons (Fsp3) is 0.0526. The Labute approximate surface area is 157 Å². The molecule has 0 aliphatic heterocycles. The number of nitrogens with zero attached hydrogens (tertiary/aromatic N) is 3. The molecule has 0 spiro atoms. The zero-order valence-electron chi connectivity index (χ0n) is 14.5. The monoisotopic (exact) mass is 379 g/mol. The number of rotatable bonds is 4. The maximum atomic E-state index is 12.7. The van der Waals surface area contributed by atoms with Crippen molar-refractivity contribution in [3.05, 3.63) is 74.9 Å². The highest BCUT2D eigenvalue weighted by Gasteiger charge is 2.20. The highest BCUT2D eigenvalue weighted by molar-refractivity contribution is 5.91. The number of ether oxygens (including phenoxy) is 1. The van der Waals surface area contributed by atoms with Gasteiger partial charge in [0.25, 0.3) is 11.4 Å². The summed E-state index contributed by atoms with van der Waals surface area (Å²) in [5.74, 6) is 0.650. The summed E-state index contributed by atoms with van der Waals surface area (Å²) >= 11 is 0. The van der Waals surface area contributed by atoms with Crippen molar-refractivity contribution in [2.24, 2.45) is 0 Å². The lowest BCUT2D eigenvalue weighted by Gasteiger charge is -2.07. The van der Waals surface area contributed by atoms with Gasteiger partial charge in [0.05, 0.1) is 17.7 Å². The van der Waals surface area contributed by atoms with Crippen molar-refractivity contribution < 1.29 is 19.4 Å². The molecule has 0 fully saturated rings. The Kier molecular flexibility index (Phi) is 4.04. The van der Waals surface area contributed by atoms with Crippen LogP contribution >= 0.6 is 0 Å². The third-order valence-electron chi connectivity index (χ3n) is 4.35. The predicted molar refractivity (Wildman–Crippen MR) is 99.5 cm³/mol. The van der Waals surface area contributed by atoms with Gasteiger partial charge in [-0.1, -0.05) is 5.16 Å². The molecule has 9 heteroatoms. The minimum atomic E-state index is -0.531. The van der Waals surface area contributed by atoms with Gasteiger partial charge in [-0.3, -0.25) is 14.9 Å². The Morgan fingerprint density at radius 2 is 1.75 bits per heavy atom. The summed E-state index contributed by atoms with van der Waals surface area (Å²) in [6, 6.07) is 13.6. The van der Waals surface area contributed by atoms with Crippen molar-refractivity contribution in [3.8, 4) is 28.3 Å². The van der Waals surface area contributed by atoms with Gasteiger partial charge in [0.1, 0.15) is 16.8 Å². The fourth-order valence-corrected chi connectivity index (χ4v) is 2.92. The zero-order valence-corrected chi connectivity index (χ0v) is 14.5. The molecule has 9 nitrogen and oxygen atoms in total. The Morgan fingerprint density at radius 1 is 1.11 bits per heavy atom. The molecule has 28 heavy (non-hydrogen) atoms. The largest absolute Gasteiger partial charge is 0.497 e. The third-order valence-corrected chi connectivity index (χ3v) is 4.35. The molecule has 0 aliphatic rings. The second kappa shape index (κ2) is 6.54. The second-order valence-electron chi connectivity index (χ2n) is 5.95. The number of hydrogen-bond donors (Lipinski definition) is 1. The van der Waals surface area contributed by atoms with Crippen LogP contribution in [0.25, 0.3) is 33.6 Å². The van der Waals surface area contributed by atoms with Crippen LogP contribution in [0.2, 0.25) is 0 Å². The predicted octanol–water partition coefficient (Wildman–Crippen LogP) is 3.48. The number of non-ortho nitro benzene ring substituents is 1. The van der Waals surface area contributed by atoms with Gasteiger partial charge in [0.2, 0.25) is 0 Å². The normalized spacial score (nSPS) is 10.9. The molecule has 4 aromatic rings. The van der Waals surface area contributed by atoms with E-state index in [1.165, 1.54) is 30.3 Å². The average molecular weight is 379 g/mol. The summed E-state index contributed by atoms with van der Waals surface area (Å²) < 4.78 is 11.0. The van der Waals surface area contributed by atoms with E-state index in [1.807, 2.05) is 0 Å².